The van der Waals surface area contributed by atoms with Crippen LogP contribution >= 0.6 is 11.3 Å². The van der Waals surface area contributed by atoms with Gasteiger partial charge in [-0.25, -0.2) is 4.21 Å². The van der Waals surface area contributed by atoms with Crippen LogP contribution in [-0.2, 0) is 11.3 Å². The van der Waals surface area contributed by atoms with E-state index in [1.165, 1.54) is 11.3 Å². The molecule has 13 heavy (non-hydrogen) atoms. The molecule has 0 aliphatic rings. The van der Waals surface area contributed by atoms with Crippen LogP contribution in [0.15, 0.2) is 30.3 Å². The Kier molecular flexibility index (Phi) is 2.30. The van der Waals surface area contributed by atoms with Crippen LogP contribution in [0.1, 0.15) is 0 Å². The van der Waals surface area contributed by atoms with Crippen molar-refractivity contribution in [1.29, 1.82) is 0 Å². The fourth-order valence-electron chi connectivity index (χ4n) is 1.12. The minimum atomic E-state index is -1.98. The molecule has 3 nitrogen and oxygen atoms in total. The number of nitrogens with one attached hydrogen (secondary N) is 1. The monoisotopic (exact) mass is 213 g/mol. The molecule has 0 radical (unpaired) electrons. The highest BCUT2D eigenvalue weighted by atomic mass is 32.2. The molecule has 1 unspecified atom stereocenters. The van der Waals surface area contributed by atoms with Crippen molar-refractivity contribution in [2.24, 2.45) is 0 Å². The van der Waals surface area contributed by atoms with Crippen molar-refractivity contribution in [3.8, 4) is 0 Å². The smallest absolute Gasteiger partial charge is 0.259 e. The molecule has 2 rings (SSSR count). The lowest BCUT2D eigenvalue weighted by molar-refractivity contribution is 0.570. The Morgan fingerprint density at radius 2 is 2.15 bits per heavy atom. The Balaban J connectivity index is 2.44. The Bertz CT molecular complexity index is 419. The zero-order chi connectivity index (χ0) is 9.26. The maximum atomic E-state index is 10.5. The molecule has 0 saturated heterocycles. The highest BCUT2D eigenvalue weighted by Crippen LogP contribution is 2.29. The molecule has 0 aliphatic carbocycles. The van der Waals surface area contributed by atoms with Gasteiger partial charge in [0.25, 0.3) is 11.3 Å². The first-order valence-corrected chi connectivity index (χ1v) is 5.54. The van der Waals surface area contributed by atoms with E-state index in [9.17, 15) is 4.21 Å². The molecule has 0 aliphatic heterocycles. The van der Waals surface area contributed by atoms with Crippen molar-refractivity contribution in [3.63, 3.8) is 0 Å². The van der Waals surface area contributed by atoms with E-state index < -0.39 is 11.3 Å². The van der Waals surface area contributed by atoms with Crippen molar-refractivity contribution in [2.45, 2.75) is 0 Å². The van der Waals surface area contributed by atoms with Gasteiger partial charge in [0.1, 0.15) is 5.00 Å². The van der Waals surface area contributed by atoms with E-state index in [1.54, 1.807) is 0 Å². The second-order valence-corrected chi connectivity index (χ2v) is 4.29. The van der Waals surface area contributed by atoms with Crippen molar-refractivity contribution in [2.75, 3.05) is 4.72 Å². The number of thiophene rings is 1. The lowest BCUT2D eigenvalue weighted by Gasteiger charge is -1.92. The summed E-state index contributed by atoms with van der Waals surface area (Å²) in [6, 6.07) is 9.68. The van der Waals surface area contributed by atoms with E-state index in [0.717, 1.165) is 10.1 Å². The average Bonchev–Trinajstić information content (AvgIpc) is 2.44. The first kappa shape index (κ1) is 8.68. The highest BCUT2D eigenvalue weighted by Gasteiger charge is 2.01. The number of anilines is 1. The molecule has 1 heterocycles. The normalized spacial score (nSPS) is 13.0. The number of benzene rings is 1. The number of hydrogen-bond donors (Lipinski definition) is 2. The van der Waals surface area contributed by atoms with Gasteiger partial charge in [-0.3, -0.25) is 9.27 Å². The third-order valence-corrected chi connectivity index (χ3v) is 3.17. The predicted molar refractivity (Wildman–Crippen MR) is 56.2 cm³/mol. The Hall–Kier alpha value is -0.910. The van der Waals surface area contributed by atoms with Gasteiger partial charge in [-0.2, -0.15) is 0 Å². The summed E-state index contributed by atoms with van der Waals surface area (Å²) in [6.45, 7) is 0. The van der Waals surface area contributed by atoms with Gasteiger partial charge >= 0.3 is 0 Å². The van der Waals surface area contributed by atoms with Crippen LogP contribution < -0.4 is 4.72 Å². The highest BCUT2D eigenvalue weighted by molar-refractivity contribution is 7.80. The molecule has 0 bridgehead atoms. The van der Waals surface area contributed by atoms with E-state index in [-0.39, 0.29) is 0 Å². The van der Waals surface area contributed by atoms with Crippen LogP contribution in [0.25, 0.3) is 10.1 Å². The van der Waals surface area contributed by atoms with Gasteiger partial charge in [0.05, 0.1) is 0 Å². The van der Waals surface area contributed by atoms with Gasteiger partial charge in [-0.15, -0.1) is 11.3 Å². The lowest BCUT2D eigenvalue weighted by atomic mass is 10.3. The second kappa shape index (κ2) is 3.45. The van der Waals surface area contributed by atoms with E-state index in [4.69, 9.17) is 4.55 Å². The molecule has 0 amide bonds. The Labute approximate surface area is 81.8 Å². The molecule has 0 spiro atoms. The summed E-state index contributed by atoms with van der Waals surface area (Å²) >= 11 is -0.521. The van der Waals surface area contributed by atoms with E-state index in [2.05, 4.69) is 4.72 Å². The third kappa shape index (κ3) is 1.88. The molecule has 0 fully saturated rings. The summed E-state index contributed by atoms with van der Waals surface area (Å²) in [5, 5.41) is 1.79. The van der Waals surface area contributed by atoms with Crippen LogP contribution in [0.3, 0.4) is 0 Å². The molecular weight excluding hydrogens is 206 g/mol. The first-order chi connectivity index (χ1) is 6.25. The molecule has 0 saturated carbocycles. The van der Waals surface area contributed by atoms with Crippen molar-refractivity contribution >= 4 is 37.7 Å². The molecule has 5 heteroatoms. The van der Waals surface area contributed by atoms with Gasteiger partial charge < -0.3 is 0 Å². The number of rotatable bonds is 2. The predicted octanol–water partition coefficient (Wildman–Crippen LogP) is 2.45. The summed E-state index contributed by atoms with van der Waals surface area (Å²) < 4.78 is 22.6. The first-order valence-electron chi connectivity index (χ1n) is 3.62. The maximum absolute atomic E-state index is 10.5. The molecular formula is C8H7NO2S2. The topological polar surface area (TPSA) is 49.3 Å². The number of hydrogen-bond acceptors (Lipinski definition) is 2. The summed E-state index contributed by atoms with van der Waals surface area (Å²) in [4.78, 5) is 0. The molecule has 1 aromatic heterocycles. The van der Waals surface area contributed by atoms with Gasteiger partial charge in [0, 0.05) is 4.70 Å². The zero-order valence-corrected chi connectivity index (χ0v) is 8.19. The quantitative estimate of drug-likeness (QED) is 0.753. The van der Waals surface area contributed by atoms with Crippen molar-refractivity contribution in [3.05, 3.63) is 30.3 Å². The maximum Gasteiger partial charge on any atom is 0.259 e. The number of fused-ring (bicyclic) bond motifs is 1. The summed E-state index contributed by atoms with van der Waals surface area (Å²) in [6.07, 6.45) is 0. The van der Waals surface area contributed by atoms with Crippen molar-refractivity contribution < 1.29 is 8.76 Å². The van der Waals surface area contributed by atoms with Crippen LogP contribution in [0.2, 0.25) is 0 Å². The molecule has 1 aromatic carbocycles. The van der Waals surface area contributed by atoms with Crippen LogP contribution in [-0.4, -0.2) is 8.76 Å². The minimum Gasteiger partial charge on any atom is -0.289 e. The second-order valence-electron chi connectivity index (χ2n) is 2.50. The van der Waals surface area contributed by atoms with Gasteiger partial charge in [0.15, 0.2) is 0 Å². The molecule has 68 valence electrons. The van der Waals surface area contributed by atoms with Gasteiger partial charge in [-0.1, -0.05) is 18.2 Å². The van der Waals surface area contributed by atoms with Crippen LogP contribution in [0.4, 0.5) is 5.00 Å². The summed E-state index contributed by atoms with van der Waals surface area (Å²) in [5.41, 5.74) is 0. The van der Waals surface area contributed by atoms with Crippen LogP contribution in [0, 0.1) is 0 Å². The minimum absolute atomic E-state index is 0.710. The molecule has 1 atom stereocenters. The Morgan fingerprint density at radius 3 is 2.85 bits per heavy atom. The third-order valence-electron chi connectivity index (χ3n) is 1.61. The Morgan fingerprint density at radius 1 is 1.38 bits per heavy atom. The summed E-state index contributed by atoms with van der Waals surface area (Å²) in [5.74, 6) is 0. The van der Waals surface area contributed by atoms with Gasteiger partial charge in [-0.05, 0) is 17.5 Å². The van der Waals surface area contributed by atoms with Crippen molar-refractivity contribution in [1.82, 2.24) is 0 Å². The van der Waals surface area contributed by atoms with E-state index in [0.29, 0.717) is 5.00 Å². The molecule has 2 aromatic rings. The fourth-order valence-corrected chi connectivity index (χ4v) is 2.54. The summed E-state index contributed by atoms with van der Waals surface area (Å²) in [7, 11) is 0. The largest absolute Gasteiger partial charge is 0.289 e. The lowest BCUT2D eigenvalue weighted by Crippen LogP contribution is -1.98. The average molecular weight is 213 g/mol. The fraction of sp³-hybridized carbons (Fsp3) is 0. The SMILES string of the molecule is O=S(O)Nc1cc2ccccc2s1. The van der Waals surface area contributed by atoms with E-state index >= 15 is 0 Å². The zero-order valence-electron chi connectivity index (χ0n) is 6.56. The van der Waals surface area contributed by atoms with Gasteiger partial charge in [0.2, 0.25) is 0 Å². The van der Waals surface area contributed by atoms with Crippen LogP contribution in [0.5, 0.6) is 0 Å². The van der Waals surface area contributed by atoms with E-state index in [1.807, 2.05) is 30.3 Å². The molecule has 2 N–H and O–H groups in total. The standard InChI is InChI=1S/C8H7NO2S2/c10-13(11)9-8-5-6-3-1-2-4-7(6)12-8/h1-5,9H,(H,10,11).